The van der Waals surface area contributed by atoms with Crippen molar-refractivity contribution in [1.82, 2.24) is 20.2 Å². The highest BCUT2D eigenvalue weighted by atomic mass is 35.5. The summed E-state index contributed by atoms with van der Waals surface area (Å²) in [6.45, 7) is -1.29. The van der Waals surface area contributed by atoms with Gasteiger partial charge in [-0.2, -0.15) is 13.2 Å². The Hall–Kier alpha value is -1.83. The van der Waals surface area contributed by atoms with E-state index in [4.69, 9.17) is 17.3 Å². The number of alkyl halides is 3. The summed E-state index contributed by atoms with van der Waals surface area (Å²) in [5, 5.41) is 10.3. The normalized spacial score (nSPS) is 11.8. The molecule has 0 aliphatic carbocycles. The average molecular weight is 278 g/mol. The van der Waals surface area contributed by atoms with Crippen LogP contribution in [0.1, 0.15) is 0 Å². The molecule has 0 bridgehead atoms. The monoisotopic (exact) mass is 277 g/mol. The zero-order valence-corrected chi connectivity index (χ0v) is 9.57. The van der Waals surface area contributed by atoms with Crippen molar-refractivity contribution >= 4 is 17.3 Å². The fourth-order valence-corrected chi connectivity index (χ4v) is 1.59. The molecule has 1 heterocycles. The van der Waals surface area contributed by atoms with E-state index in [9.17, 15) is 13.2 Å². The molecule has 18 heavy (non-hydrogen) atoms. The van der Waals surface area contributed by atoms with Crippen LogP contribution in [0.5, 0.6) is 0 Å². The highest BCUT2D eigenvalue weighted by Crippen LogP contribution is 2.29. The minimum atomic E-state index is -4.42. The first-order valence-corrected chi connectivity index (χ1v) is 5.13. The number of hydrogen-bond donors (Lipinski definition) is 1. The Kier molecular flexibility index (Phi) is 3.12. The Morgan fingerprint density at radius 1 is 1.33 bits per heavy atom. The van der Waals surface area contributed by atoms with Crippen molar-refractivity contribution in [2.45, 2.75) is 12.7 Å². The van der Waals surface area contributed by atoms with Gasteiger partial charge < -0.3 is 5.73 Å². The molecule has 0 unspecified atom stereocenters. The van der Waals surface area contributed by atoms with Gasteiger partial charge >= 0.3 is 6.18 Å². The molecule has 5 nitrogen and oxygen atoms in total. The molecule has 0 aliphatic rings. The maximum atomic E-state index is 12.3. The molecule has 0 amide bonds. The number of nitrogens with zero attached hydrogens (tertiary/aromatic N) is 4. The van der Waals surface area contributed by atoms with Gasteiger partial charge in [0.2, 0.25) is 0 Å². The van der Waals surface area contributed by atoms with Crippen molar-refractivity contribution in [1.29, 1.82) is 0 Å². The summed E-state index contributed by atoms with van der Waals surface area (Å²) in [6.07, 6.45) is -4.42. The van der Waals surface area contributed by atoms with Gasteiger partial charge in [0.1, 0.15) is 6.54 Å². The van der Waals surface area contributed by atoms with Crippen LogP contribution in [-0.4, -0.2) is 26.4 Å². The topological polar surface area (TPSA) is 69.6 Å². The van der Waals surface area contributed by atoms with Crippen LogP contribution >= 0.6 is 11.6 Å². The molecule has 1 aromatic carbocycles. The molecular weight excluding hydrogens is 271 g/mol. The number of rotatable bonds is 2. The lowest BCUT2D eigenvalue weighted by molar-refractivity contribution is -0.142. The molecule has 1 aromatic heterocycles. The van der Waals surface area contributed by atoms with Crippen LogP contribution in [0.25, 0.3) is 11.4 Å². The smallest absolute Gasteiger partial charge is 0.399 e. The molecule has 0 aliphatic heterocycles. The third kappa shape index (κ3) is 2.70. The van der Waals surface area contributed by atoms with Gasteiger partial charge in [-0.25, -0.2) is 4.68 Å². The summed E-state index contributed by atoms with van der Waals surface area (Å²) in [5.74, 6) is -0.0791. The van der Waals surface area contributed by atoms with Crippen molar-refractivity contribution in [3.63, 3.8) is 0 Å². The highest BCUT2D eigenvalue weighted by molar-refractivity contribution is 6.33. The lowest BCUT2D eigenvalue weighted by Gasteiger charge is -2.09. The first kappa shape index (κ1) is 12.6. The van der Waals surface area contributed by atoms with Crippen LogP contribution in [-0.2, 0) is 6.54 Å². The maximum absolute atomic E-state index is 12.3. The summed E-state index contributed by atoms with van der Waals surface area (Å²) >= 11 is 5.89. The fourth-order valence-electron chi connectivity index (χ4n) is 1.39. The van der Waals surface area contributed by atoms with E-state index in [0.717, 1.165) is 0 Å². The van der Waals surface area contributed by atoms with Gasteiger partial charge in [0, 0.05) is 11.3 Å². The predicted molar refractivity (Wildman–Crippen MR) is 58.7 cm³/mol. The second-order valence-corrected chi connectivity index (χ2v) is 3.92. The number of nitrogens with two attached hydrogens (primary N) is 1. The molecule has 0 atom stereocenters. The molecule has 0 radical (unpaired) electrons. The molecule has 0 saturated heterocycles. The quantitative estimate of drug-likeness (QED) is 0.854. The molecule has 2 N–H and O–H groups in total. The van der Waals surface area contributed by atoms with E-state index in [0.29, 0.717) is 10.4 Å². The number of nitrogen functional groups attached to an aromatic ring is 1. The molecule has 2 aromatic rings. The maximum Gasteiger partial charge on any atom is 0.408 e. The number of halogens is 4. The van der Waals surface area contributed by atoms with E-state index in [1.165, 1.54) is 18.2 Å². The Morgan fingerprint density at radius 2 is 2.06 bits per heavy atom. The minimum Gasteiger partial charge on any atom is -0.399 e. The van der Waals surface area contributed by atoms with Crippen LogP contribution in [0, 0.1) is 0 Å². The Balaban J connectivity index is 2.45. The highest BCUT2D eigenvalue weighted by Gasteiger charge is 2.30. The third-order valence-electron chi connectivity index (χ3n) is 2.09. The van der Waals surface area contributed by atoms with Crippen molar-refractivity contribution < 1.29 is 13.2 Å². The zero-order valence-electron chi connectivity index (χ0n) is 8.82. The summed E-state index contributed by atoms with van der Waals surface area (Å²) in [4.78, 5) is 0. The zero-order chi connectivity index (χ0) is 13.3. The summed E-state index contributed by atoms with van der Waals surface area (Å²) < 4.78 is 37.6. The van der Waals surface area contributed by atoms with Crippen molar-refractivity contribution in [2.75, 3.05) is 5.73 Å². The molecule has 0 spiro atoms. The number of anilines is 1. The van der Waals surface area contributed by atoms with Crippen molar-refractivity contribution in [3.05, 3.63) is 23.2 Å². The number of tetrazole rings is 1. The molecular formula is C9H7ClF3N5. The van der Waals surface area contributed by atoms with Gasteiger partial charge in [0.05, 0.1) is 5.02 Å². The summed E-state index contributed by atoms with van der Waals surface area (Å²) in [6, 6.07) is 4.42. The Labute approximate surface area is 104 Å². The molecule has 96 valence electrons. The van der Waals surface area contributed by atoms with Crippen LogP contribution in [0.4, 0.5) is 18.9 Å². The molecule has 2 rings (SSSR count). The number of hydrogen-bond acceptors (Lipinski definition) is 4. The van der Waals surface area contributed by atoms with Gasteiger partial charge in [-0.3, -0.25) is 0 Å². The number of benzene rings is 1. The van der Waals surface area contributed by atoms with E-state index in [-0.39, 0.29) is 16.4 Å². The minimum absolute atomic E-state index is 0.0791. The van der Waals surface area contributed by atoms with E-state index < -0.39 is 12.7 Å². The Bertz CT molecular complexity index is 566. The van der Waals surface area contributed by atoms with Gasteiger partial charge in [0.15, 0.2) is 5.82 Å². The standard InChI is InChI=1S/C9H7ClF3N5/c10-7-2-1-5(14)3-6(7)8-15-16-17-18(8)4-9(11,12)13/h1-3H,4,14H2. The third-order valence-corrected chi connectivity index (χ3v) is 2.42. The van der Waals surface area contributed by atoms with Crippen LogP contribution in [0.2, 0.25) is 5.02 Å². The Morgan fingerprint density at radius 3 is 2.72 bits per heavy atom. The van der Waals surface area contributed by atoms with E-state index in [1.807, 2.05) is 0 Å². The lowest BCUT2D eigenvalue weighted by atomic mass is 10.2. The molecule has 0 saturated carbocycles. The van der Waals surface area contributed by atoms with E-state index in [1.54, 1.807) is 0 Å². The SMILES string of the molecule is Nc1ccc(Cl)c(-c2nnnn2CC(F)(F)F)c1. The van der Waals surface area contributed by atoms with Gasteiger partial charge in [-0.15, -0.1) is 5.10 Å². The number of aromatic nitrogens is 4. The predicted octanol–water partition coefficient (Wildman–Crippen LogP) is 2.14. The second-order valence-electron chi connectivity index (χ2n) is 3.51. The van der Waals surface area contributed by atoms with Gasteiger partial charge in [-0.1, -0.05) is 11.6 Å². The average Bonchev–Trinajstić information content (AvgIpc) is 2.67. The summed E-state index contributed by atoms with van der Waals surface area (Å²) in [7, 11) is 0. The van der Waals surface area contributed by atoms with E-state index >= 15 is 0 Å². The molecule has 0 fully saturated rings. The first-order chi connectivity index (χ1) is 8.37. The largest absolute Gasteiger partial charge is 0.408 e. The van der Waals surface area contributed by atoms with Crippen LogP contribution < -0.4 is 5.73 Å². The fraction of sp³-hybridized carbons (Fsp3) is 0.222. The van der Waals surface area contributed by atoms with E-state index in [2.05, 4.69) is 15.5 Å². The van der Waals surface area contributed by atoms with Crippen molar-refractivity contribution in [3.8, 4) is 11.4 Å². The van der Waals surface area contributed by atoms with Crippen LogP contribution in [0.3, 0.4) is 0 Å². The van der Waals surface area contributed by atoms with Crippen LogP contribution in [0.15, 0.2) is 18.2 Å². The van der Waals surface area contributed by atoms with Gasteiger partial charge in [-0.05, 0) is 28.6 Å². The first-order valence-electron chi connectivity index (χ1n) is 4.75. The van der Waals surface area contributed by atoms with Crippen molar-refractivity contribution in [2.24, 2.45) is 0 Å². The second kappa shape index (κ2) is 4.45. The van der Waals surface area contributed by atoms with Gasteiger partial charge in [0.25, 0.3) is 0 Å². The lowest BCUT2D eigenvalue weighted by Crippen LogP contribution is -2.19. The summed E-state index contributed by atoms with van der Waals surface area (Å²) in [5.41, 5.74) is 6.17. The molecule has 9 heteroatoms.